The Bertz CT molecular complexity index is 825. The van der Waals surface area contributed by atoms with Crippen LogP contribution in [0.15, 0.2) is 29.6 Å². The summed E-state index contributed by atoms with van der Waals surface area (Å²) in [7, 11) is 1.71. The maximum Gasteiger partial charge on any atom is 0.277 e. The summed E-state index contributed by atoms with van der Waals surface area (Å²) in [6, 6.07) is 8.41. The second kappa shape index (κ2) is 8.23. The van der Waals surface area contributed by atoms with E-state index in [1.165, 1.54) is 20.2 Å². The molecular formula is C21H28N3O2S+. The van der Waals surface area contributed by atoms with Crippen LogP contribution in [0.1, 0.15) is 34.5 Å². The fourth-order valence-electron chi connectivity index (χ4n) is 3.71. The first-order chi connectivity index (χ1) is 12.9. The van der Waals surface area contributed by atoms with Crippen molar-refractivity contribution in [3.63, 3.8) is 0 Å². The molecule has 144 valence electrons. The predicted molar refractivity (Wildman–Crippen MR) is 109 cm³/mol. The number of hydrogen-bond donors (Lipinski definition) is 2. The standard InChI is InChI=1S/C21H27N3O2S/c1-14-6-5-7-15(2)21(14)22-19(25)12-23(4)20(26)13-24-10-8-18-17(16(24)3)9-11-27-18/h5-7,9,11,16H,8,10,12-13H2,1-4H3,(H,22,25)/p+1/t16-/m0/s1. The molecule has 2 N–H and O–H groups in total. The highest BCUT2D eigenvalue weighted by atomic mass is 32.1. The lowest BCUT2D eigenvalue weighted by Crippen LogP contribution is -3.14. The summed E-state index contributed by atoms with van der Waals surface area (Å²) in [6.45, 7) is 7.57. The number of nitrogens with one attached hydrogen (secondary N) is 2. The van der Waals surface area contributed by atoms with Gasteiger partial charge in [-0.25, -0.2) is 0 Å². The van der Waals surface area contributed by atoms with E-state index in [1.54, 1.807) is 18.4 Å². The van der Waals surface area contributed by atoms with Crippen molar-refractivity contribution in [2.45, 2.75) is 33.2 Å². The van der Waals surface area contributed by atoms with Crippen LogP contribution in [0.25, 0.3) is 0 Å². The zero-order valence-corrected chi connectivity index (χ0v) is 17.3. The number of likely N-dealkylation sites (N-methyl/N-ethyl adjacent to an activating group) is 1. The molecule has 5 nitrogen and oxygen atoms in total. The number of amides is 2. The van der Waals surface area contributed by atoms with Gasteiger partial charge in [0.2, 0.25) is 5.91 Å². The summed E-state index contributed by atoms with van der Waals surface area (Å²) in [5, 5.41) is 5.08. The fourth-order valence-corrected chi connectivity index (χ4v) is 4.69. The van der Waals surface area contributed by atoms with Crippen molar-refractivity contribution < 1.29 is 14.5 Å². The minimum absolute atomic E-state index is 0.00665. The van der Waals surface area contributed by atoms with E-state index in [4.69, 9.17) is 0 Å². The smallest absolute Gasteiger partial charge is 0.277 e. The van der Waals surface area contributed by atoms with E-state index >= 15 is 0 Å². The van der Waals surface area contributed by atoms with Crippen molar-refractivity contribution in [2.75, 3.05) is 32.0 Å². The lowest BCUT2D eigenvalue weighted by atomic mass is 10.0. The topological polar surface area (TPSA) is 53.9 Å². The molecule has 0 bridgehead atoms. The Morgan fingerprint density at radius 2 is 1.96 bits per heavy atom. The largest absolute Gasteiger partial charge is 0.332 e. The number of benzene rings is 1. The first kappa shape index (κ1) is 19.6. The number of aryl methyl sites for hydroxylation is 2. The van der Waals surface area contributed by atoms with Crippen LogP contribution in [-0.2, 0) is 16.0 Å². The van der Waals surface area contributed by atoms with Crippen LogP contribution < -0.4 is 10.2 Å². The van der Waals surface area contributed by atoms with Gasteiger partial charge < -0.3 is 15.1 Å². The number of carbonyl (C=O) groups excluding carboxylic acids is 2. The molecule has 1 aromatic heterocycles. The molecule has 2 amide bonds. The number of anilines is 1. The molecule has 6 heteroatoms. The normalized spacial score (nSPS) is 18.7. The van der Waals surface area contributed by atoms with E-state index in [-0.39, 0.29) is 18.4 Å². The van der Waals surface area contributed by atoms with Gasteiger partial charge in [-0.3, -0.25) is 9.59 Å². The van der Waals surface area contributed by atoms with E-state index in [1.807, 2.05) is 32.0 Å². The van der Waals surface area contributed by atoms with Gasteiger partial charge in [0.15, 0.2) is 6.54 Å². The third-order valence-electron chi connectivity index (χ3n) is 5.46. The quantitative estimate of drug-likeness (QED) is 0.825. The van der Waals surface area contributed by atoms with Crippen LogP contribution >= 0.6 is 11.3 Å². The van der Waals surface area contributed by atoms with Gasteiger partial charge >= 0.3 is 0 Å². The van der Waals surface area contributed by atoms with Gasteiger partial charge in [-0.05, 0) is 43.3 Å². The summed E-state index contributed by atoms with van der Waals surface area (Å²) >= 11 is 1.81. The second-order valence-corrected chi connectivity index (χ2v) is 8.42. The van der Waals surface area contributed by atoms with Crippen molar-refractivity contribution in [1.82, 2.24) is 4.90 Å². The van der Waals surface area contributed by atoms with Gasteiger partial charge in [-0.15, -0.1) is 11.3 Å². The van der Waals surface area contributed by atoms with E-state index in [0.717, 1.165) is 29.8 Å². The van der Waals surface area contributed by atoms with Crippen LogP contribution in [0.3, 0.4) is 0 Å². The highest BCUT2D eigenvalue weighted by Crippen LogP contribution is 2.24. The number of rotatable bonds is 5. The first-order valence-corrected chi connectivity index (χ1v) is 10.3. The molecule has 1 aliphatic heterocycles. The lowest BCUT2D eigenvalue weighted by molar-refractivity contribution is -0.924. The zero-order valence-electron chi connectivity index (χ0n) is 16.5. The van der Waals surface area contributed by atoms with Gasteiger partial charge in [-0.2, -0.15) is 0 Å². The van der Waals surface area contributed by atoms with Crippen LogP contribution in [0.2, 0.25) is 0 Å². The Morgan fingerprint density at radius 3 is 2.67 bits per heavy atom. The minimum Gasteiger partial charge on any atom is -0.332 e. The molecule has 0 saturated heterocycles. The Morgan fingerprint density at radius 1 is 1.26 bits per heavy atom. The maximum atomic E-state index is 12.7. The molecule has 2 aromatic rings. The maximum absolute atomic E-state index is 12.7. The van der Waals surface area contributed by atoms with E-state index in [9.17, 15) is 9.59 Å². The average molecular weight is 387 g/mol. The summed E-state index contributed by atoms with van der Waals surface area (Å²) in [5.41, 5.74) is 4.25. The van der Waals surface area contributed by atoms with Crippen molar-refractivity contribution in [3.8, 4) is 0 Å². The first-order valence-electron chi connectivity index (χ1n) is 9.37. The van der Waals surface area contributed by atoms with Crippen molar-refractivity contribution >= 4 is 28.8 Å². The second-order valence-electron chi connectivity index (χ2n) is 7.42. The number of para-hydroxylation sites is 1. The monoisotopic (exact) mass is 386 g/mol. The van der Waals surface area contributed by atoms with Crippen LogP contribution in [0.5, 0.6) is 0 Å². The molecule has 0 radical (unpaired) electrons. The Balaban J connectivity index is 1.56. The molecule has 1 aliphatic rings. The van der Waals surface area contributed by atoms with Gasteiger partial charge in [-0.1, -0.05) is 18.2 Å². The molecule has 1 aromatic carbocycles. The molecule has 1 unspecified atom stereocenters. The molecule has 0 spiro atoms. The van der Waals surface area contributed by atoms with Crippen LogP contribution in [0.4, 0.5) is 5.69 Å². The molecule has 0 saturated carbocycles. The molecule has 0 fully saturated rings. The summed E-state index contributed by atoms with van der Waals surface area (Å²) in [6.07, 6.45) is 1.02. The summed E-state index contributed by atoms with van der Waals surface area (Å²) < 4.78 is 0. The van der Waals surface area contributed by atoms with Crippen LogP contribution in [0, 0.1) is 13.8 Å². The minimum atomic E-state index is -0.162. The molecule has 2 atom stereocenters. The van der Waals surface area contributed by atoms with Crippen molar-refractivity contribution in [1.29, 1.82) is 0 Å². The fraction of sp³-hybridized carbons (Fsp3) is 0.429. The molecular weight excluding hydrogens is 358 g/mol. The van der Waals surface area contributed by atoms with Gasteiger partial charge in [0, 0.05) is 29.6 Å². The zero-order chi connectivity index (χ0) is 19.6. The summed E-state index contributed by atoms with van der Waals surface area (Å²) in [4.78, 5) is 29.3. The SMILES string of the molecule is Cc1cccc(C)c1NC(=O)CN(C)C(=O)C[NH+]1CCc2sccc2[C@@H]1C. The highest BCUT2D eigenvalue weighted by Gasteiger charge is 2.30. The molecule has 27 heavy (non-hydrogen) atoms. The molecule has 0 aliphatic carbocycles. The van der Waals surface area contributed by atoms with Crippen molar-refractivity contribution in [3.05, 3.63) is 51.2 Å². The summed E-state index contributed by atoms with van der Waals surface area (Å²) in [5.74, 6) is -0.155. The highest BCUT2D eigenvalue weighted by molar-refractivity contribution is 7.10. The average Bonchev–Trinajstić information content (AvgIpc) is 3.10. The number of thiophene rings is 1. The third kappa shape index (κ3) is 4.39. The Labute approximate surface area is 165 Å². The Kier molecular flexibility index (Phi) is 5.97. The lowest BCUT2D eigenvalue weighted by Gasteiger charge is -2.31. The number of carbonyl (C=O) groups is 2. The van der Waals surface area contributed by atoms with Gasteiger partial charge in [0.1, 0.15) is 6.04 Å². The number of quaternary nitrogens is 1. The third-order valence-corrected chi connectivity index (χ3v) is 6.46. The number of nitrogens with zero attached hydrogens (tertiary/aromatic N) is 1. The van der Waals surface area contributed by atoms with E-state index in [2.05, 4.69) is 23.7 Å². The van der Waals surface area contributed by atoms with E-state index < -0.39 is 0 Å². The molecule has 2 heterocycles. The number of fused-ring (bicyclic) bond motifs is 1. The van der Waals surface area contributed by atoms with Crippen LogP contribution in [-0.4, -0.2) is 43.4 Å². The number of hydrogen-bond acceptors (Lipinski definition) is 3. The Hall–Kier alpha value is -2.18. The molecule has 3 rings (SSSR count). The van der Waals surface area contributed by atoms with Gasteiger partial charge in [0.05, 0.1) is 13.1 Å². The van der Waals surface area contributed by atoms with Gasteiger partial charge in [0.25, 0.3) is 5.91 Å². The van der Waals surface area contributed by atoms with E-state index in [0.29, 0.717) is 12.6 Å². The van der Waals surface area contributed by atoms with Crippen molar-refractivity contribution in [2.24, 2.45) is 0 Å². The predicted octanol–water partition coefficient (Wildman–Crippen LogP) is 1.96.